The van der Waals surface area contributed by atoms with Crippen LogP contribution < -0.4 is 0 Å². The van der Waals surface area contributed by atoms with Crippen LogP contribution in [0.3, 0.4) is 0 Å². The van der Waals surface area contributed by atoms with Crippen LogP contribution >= 0.6 is 0 Å². The van der Waals surface area contributed by atoms with Crippen molar-refractivity contribution in [3.05, 3.63) is 48.0 Å². The molecule has 5 N–H and O–H groups in total. The molecule has 0 saturated heterocycles. The van der Waals surface area contributed by atoms with E-state index in [1.807, 2.05) is 0 Å². The first kappa shape index (κ1) is 14.2. The molecule has 0 saturated carbocycles. The monoisotopic (exact) mass is 264 g/mol. The number of rotatable bonds is 1. The largest absolute Gasteiger partial charge is 0.508 e. The smallest absolute Gasteiger partial charge is 0.335 e. The standard InChI is InChI=1S/C7H6O3.C6H6O3/c8-6-3-1-5(2-4-6)7(9)10;7-4-1-5(8)3-6(9)2-4/h1-4,8H,(H,9,10);1-3,7-9H. The van der Waals surface area contributed by atoms with E-state index < -0.39 is 5.97 Å². The molecule has 0 aliphatic rings. The Morgan fingerprint density at radius 2 is 1.05 bits per heavy atom. The van der Waals surface area contributed by atoms with Gasteiger partial charge in [-0.25, -0.2) is 4.79 Å². The summed E-state index contributed by atoms with van der Waals surface area (Å²) in [5, 5.41) is 43.2. The topological polar surface area (TPSA) is 118 Å². The van der Waals surface area contributed by atoms with Gasteiger partial charge in [0.15, 0.2) is 0 Å². The third kappa shape index (κ3) is 4.86. The van der Waals surface area contributed by atoms with Gasteiger partial charge < -0.3 is 25.5 Å². The van der Waals surface area contributed by atoms with Crippen LogP contribution in [0.1, 0.15) is 10.4 Å². The molecule has 0 aliphatic carbocycles. The van der Waals surface area contributed by atoms with E-state index in [9.17, 15) is 4.79 Å². The third-order valence-electron chi connectivity index (χ3n) is 2.00. The fraction of sp³-hybridized carbons (Fsp3) is 0. The minimum Gasteiger partial charge on any atom is -0.508 e. The molecule has 6 nitrogen and oxygen atoms in total. The van der Waals surface area contributed by atoms with Crippen LogP contribution in [0, 0.1) is 0 Å². The van der Waals surface area contributed by atoms with Crippen LogP contribution in [-0.4, -0.2) is 31.5 Å². The highest BCUT2D eigenvalue weighted by Gasteiger charge is 1.99. The van der Waals surface area contributed by atoms with Crippen LogP contribution in [0.2, 0.25) is 0 Å². The van der Waals surface area contributed by atoms with E-state index in [4.69, 9.17) is 25.5 Å². The lowest BCUT2D eigenvalue weighted by Crippen LogP contribution is -1.93. The molecule has 0 radical (unpaired) electrons. The van der Waals surface area contributed by atoms with E-state index in [1.165, 1.54) is 24.3 Å². The number of phenolic OH excluding ortho intramolecular Hbond substituents is 4. The van der Waals surface area contributed by atoms with Crippen molar-refractivity contribution in [1.82, 2.24) is 0 Å². The summed E-state index contributed by atoms with van der Waals surface area (Å²) in [6, 6.07) is 8.78. The van der Waals surface area contributed by atoms with Gasteiger partial charge in [0.25, 0.3) is 0 Å². The Morgan fingerprint density at radius 3 is 1.37 bits per heavy atom. The number of aromatic hydroxyl groups is 4. The second-order valence-electron chi connectivity index (χ2n) is 3.56. The summed E-state index contributed by atoms with van der Waals surface area (Å²) >= 11 is 0. The van der Waals surface area contributed by atoms with Crippen molar-refractivity contribution in [2.24, 2.45) is 0 Å². The van der Waals surface area contributed by atoms with Gasteiger partial charge in [-0.1, -0.05) is 0 Å². The molecule has 2 rings (SSSR count). The lowest BCUT2D eigenvalue weighted by atomic mass is 10.2. The molecule has 6 heteroatoms. The van der Waals surface area contributed by atoms with Crippen molar-refractivity contribution in [1.29, 1.82) is 0 Å². The Labute approximate surface area is 108 Å². The van der Waals surface area contributed by atoms with Crippen LogP contribution in [0.25, 0.3) is 0 Å². The molecule has 0 heterocycles. The number of carboxylic acid groups (broad SMARTS) is 1. The Kier molecular flexibility index (Phi) is 4.59. The fourth-order valence-electron chi connectivity index (χ4n) is 1.18. The second kappa shape index (κ2) is 6.15. The summed E-state index contributed by atoms with van der Waals surface area (Å²) in [5.74, 6) is -1.35. The van der Waals surface area contributed by atoms with Crippen molar-refractivity contribution in [3.8, 4) is 23.0 Å². The van der Waals surface area contributed by atoms with Gasteiger partial charge in [0.05, 0.1) is 5.56 Å². The van der Waals surface area contributed by atoms with Gasteiger partial charge in [0.1, 0.15) is 23.0 Å². The summed E-state index contributed by atoms with van der Waals surface area (Å²) in [7, 11) is 0. The molecule has 0 spiro atoms. The highest BCUT2D eigenvalue weighted by Crippen LogP contribution is 2.23. The summed E-state index contributed by atoms with van der Waals surface area (Å²) < 4.78 is 0. The van der Waals surface area contributed by atoms with Crippen molar-refractivity contribution in [2.75, 3.05) is 0 Å². The average Bonchev–Trinajstić information content (AvgIpc) is 2.28. The van der Waals surface area contributed by atoms with Gasteiger partial charge in [-0.05, 0) is 24.3 Å². The first-order valence-electron chi connectivity index (χ1n) is 5.13. The van der Waals surface area contributed by atoms with Crippen molar-refractivity contribution in [3.63, 3.8) is 0 Å². The van der Waals surface area contributed by atoms with Gasteiger partial charge >= 0.3 is 5.97 Å². The van der Waals surface area contributed by atoms with E-state index in [2.05, 4.69) is 0 Å². The van der Waals surface area contributed by atoms with E-state index >= 15 is 0 Å². The molecule has 0 aromatic heterocycles. The Bertz CT molecular complexity index is 511. The number of aromatic carboxylic acids is 1. The van der Waals surface area contributed by atoms with Gasteiger partial charge in [-0.3, -0.25) is 0 Å². The summed E-state index contributed by atoms with van der Waals surface area (Å²) in [4.78, 5) is 10.2. The maximum atomic E-state index is 10.2. The van der Waals surface area contributed by atoms with E-state index in [0.717, 1.165) is 18.2 Å². The minimum absolute atomic E-state index is 0.0741. The van der Waals surface area contributed by atoms with Crippen molar-refractivity contribution >= 4 is 5.97 Å². The van der Waals surface area contributed by atoms with Crippen LogP contribution in [0.5, 0.6) is 23.0 Å². The number of hydrogen-bond donors (Lipinski definition) is 5. The molecular weight excluding hydrogens is 252 g/mol. The molecule has 2 aromatic carbocycles. The summed E-state index contributed by atoms with van der Waals surface area (Å²) in [5.41, 5.74) is 0.179. The summed E-state index contributed by atoms with van der Waals surface area (Å²) in [6.45, 7) is 0. The van der Waals surface area contributed by atoms with Crippen LogP contribution in [-0.2, 0) is 0 Å². The van der Waals surface area contributed by atoms with E-state index in [0.29, 0.717) is 0 Å². The minimum atomic E-state index is -0.986. The molecule has 0 amide bonds. The number of phenols is 4. The van der Waals surface area contributed by atoms with Gasteiger partial charge in [-0.15, -0.1) is 0 Å². The molecule has 2 aromatic rings. The SMILES string of the molecule is O=C(O)c1ccc(O)cc1.Oc1cc(O)cc(O)c1. The maximum absolute atomic E-state index is 10.2. The van der Waals surface area contributed by atoms with E-state index in [-0.39, 0.29) is 28.6 Å². The molecule has 0 unspecified atom stereocenters. The van der Waals surface area contributed by atoms with Gasteiger partial charge in [0, 0.05) is 18.2 Å². The van der Waals surface area contributed by atoms with Gasteiger partial charge in [-0.2, -0.15) is 0 Å². The van der Waals surface area contributed by atoms with Crippen LogP contribution in [0.15, 0.2) is 42.5 Å². The lowest BCUT2D eigenvalue weighted by Gasteiger charge is -1.94. The fourth-order valence-corrected chi connectivity index (χ4v) is 1.18. The molecule has 100 valence electrons. The molecule has 0 atom stereocenters. The second-order valence-corrected chi connectivity index (χ2v) is 3.56. The quantitative estimate of drug-likeness (QED) is 0.536. The maximum Gasteiger partial charge on any atom is 0.335 e. The third-order valence-corrected chi connectivity index (χ3v) is 2.00. The predicted octanol–water partition coefficient (Wildman–Crippen LogP) is 1.89. The summed E-state index contributed by atoms with van der Waals surface area (Å²) in [6.07, 6.45) is 0. The predicted molar refractivity (Wildman–Crippen MR) is 66.5 cm³/mol. The Hall–Kier alpha value is -2.89. The van der Waals surface area contributed by atoms with Crippen molar-refractivity contribution < 1.29 is 30.3 Å². The Balaban J connectivity index is 0.000000191. The first-order valence-corrected chi connectivity index (χ1v) is 5.13. The number of carboxylic acids is 1. The molecule has 0 aliphatic heterocycles. The average molecular weight is 264 g/mol. The molecule has 0 fully saturated rings. The molecular formula is C13H12O6. The Morgan fingerprint density at radius 1 is 0.684 bits per heavy atom. The highest BCUT2D eigenvalue weighted by atomic mass is 16.4. The van der Waals surface area contributed by atoms with Gasteiger partial charge in [0.2, 0.25) is 0 Å². The van der Waals surface area contributed by atoms with Crippen LogP contribution in [0.4, 0.5) is 0 Å². The van der Waals surface area contributed by atoms with Crippen molar-refractivity contribution in [2.45, 2.75) is 0 Å². The number of hydrogen-bond acceptors (Lipinski definition) is 5. The zero-order chi connectivity index (χ0) is 14.4. The first-order chi connectivity index (χ1) is 8.88. The normalized spacial score (nSPS) is 9.26. The van der Waals surface area contributed by atoms with E-state index in [1.54, 1.807) is 0 Å². The molecule has 19 heavy (non-hydrogen) atoms. The molecule has 0 bridgehead atoms. The lowest BCUT2D eigenvalue weighted by molar-refractivity contribution is 0.0697. The zero-order valence-corrected chi connectivity index (χ0v) is 9.69. The highest BCUT2D eigenvalue weighted by molar-refractivity contribution is 5.87. The zero-order valence-electron chi connectivity index (χ0n) is 9.69. The number of carbonyl (C=O) groups is 1. The number of benzene rings is 2.